The molecule has 0 bridgehead atoms. The Balaban J connectivity index is 1.82. The molecule has 10 nitrogen and oxygen atoms in total. The first kappa shape index (κ1) is 25.4. The molecular weight excluding hydrogens is 484 g/mol. The zero-order valence-electron chi connectivity index (χ0n) is 20.4. The number of amides is 1. The molecule has 2 aromatic carbocycles. The quantitative estimate of drug-likeness (QED) is 0.393. The molecule has 190 valence electrons. The van der Waals surface area contributed by atoms with Gasteiger partial charge in [-0.05, 0) is 57.0 Å². The summed E-state index contributed by atoms with van der Waals surface area (Å²) in [6.45, 7) is 6.93. The fourth-order valence-corrected chi connectivity index (χ4v) is 4.88. The summed E-state index contributed by atoms with van der Waals surface area (Å²) in [6, 6.07) is 11.4. The molecule has 1 aromatic heterocycles. The summed E-state index contributed by atoms with van der Waals surface area (Å²) < 4.78 is 36.5. The number of hydrogen-bond acceptors (Lipinski definition) is 6. The van der Waals surface area contributed by atoms with Crippen LogP contribution in [-0.2, 0) is 14.8 Å². The predicted octanol–water partition coefficient (Wildman–Crippen LogP) is 4.01. The Morgan fingerprint density at radius 3 is 2.36 bits per heavy atom. The highest BCUT2D eigenvalue weighted by Gasteiger charge is 2.31. The van der Waals surface area contributed by atoms with E-state index in [0.29, 0.717) is 11.4 Å². The maximum Gasteiger partial charge on any atom is 0.356 e. The lowest BCUT2D eigenvalue weighted by molar-refractivity contribution is -0.118. The molecule has 0 radical (unpaired) electrons. The lowest BCUT2D eigenvalue weighted by Gasteiger charge is -2.16. The van der Waals surface area contributed by atoms with Gasteiger partial charge in [0, 0.05) is 23.2 Å². The van der Waals surface area contributed by atoms with Gasteiger partial charge < -0.3 is 15.2 Å². The van der Waals surface area contributed by atoms with Gasteiger partial charge in [-0.15, -0.1) is 0 Å². The van der Waals surface area contributed by atoms with E-state index in [-0.39, 0.29) is 45.6 Å². The third-order valence-electron chi connectivity index (χ3n) is 5.68. The molecule has 0 aliphatic heterocycles. The maximum absolute atomic E-state index is 13.2. The smallest absolute Gasteiger partial charge is 0.356 e. The van der Waals surface area contributed by atoms with Crippen molar-refractivity contribution in [2.45, 2.75) is 51.5 Å². The Bertz CT molecular complexity index is 1420. The number of carbonyl (C=O) groups excluding carboxylic acids is 1. The SMILES string of the molecule is Cc1ccc(-n2nc(C(=O)O)c(C)c2Oc2ccc(NC(=O)C(C)C)cc2S(=O)(=O)NC2CC2)cc1. The van der Waals surface area contributed by atoms with Crippen molar-refractivity contribution in [1.29, 1.82) is 0 Å². The monoisotopic (exact) mass is 512 g/mol. The minimum Gasteiger partial charge on any atom is -0.476 e. The first-order chi connectivity index (χ1) is 17.0. The standard InChI is InChI=1S/C25H28N4O6S/c1-14(2)23(30)26-18-9-12-20(21(13-18)36(33,34)28-17-7-8-17)35-24-16(4)22(25(31)32)27-29(24)19-10-5-15(3)6-11-19/h5-6,9-14,17,28H,7-8H2,1-4H3,(H,26,30)(H,31,32). The zero-order valence-corrected chi connectivity index (χ0v) is 21.2. The van der Waals surface area contributed by atoms with Gasteiger partial charge in [-0.25, -0.2) is 17.9 Å². The van der Waals surface area contributed by atoms with Gasteiger partial charge in [-0.3, -0.25) is 4.79 Å². The minimum atomic E-state index is -4.00. The van der Waals surface area contributed by atoms with Crippen molar-refractivity contribution < 1.29 is 27.9 Å². The van der Waals surface area contributed by atoms with E-state index in [2.05, 4.69) is 15.1 Å². The van der Waals surface area contributed by atoms with Crippen LogP contribution in [0, 0.1) is 19.8 Å². The van der Waals surface area contributed by atoms with E-state index in [1.54, 1.807) is 32.9 Å². The second kappa shape index (κ2) is 9.75. The van der Waals surface area contributed by atoms with Gasteiger partial charge in [0.15, 0.2) is 5.69 Å². The number of carbonyl (C=O) groups is 2. The van der Waals surface area contributed by atoms with E-state index >= 15 is 0 Å². The van der Waals surface area contributed by atoms with Gasteiger partial charge in [0.2, 0.25) is 21.8 Å². The Kier molecular flexibility index (Phi) is 6.87. The molecule has 1 saturated carbocycles. The molecule has 0 saturated heterocycles. The molecule has 1 amide bonds. The van der Waals surface area contributed by atoms with E-state index in [1.807, 2.05) is 19.1 Å². The van der Waals surface area contributed by atoms with Crippen LogP contribution in [0.25, 0.3) is 5.69 Å². The van der Waals surface area contributed by atoms with E-state index in [1.165, 1.54) is 22.9 Å². The number of aromatic carboxylic acids is 1. The fraction of sp³-hybridized carbons (Fsp3) is 0.320. The molecule has 1 heterocycles. The van der Waals surface area contributed by atoms with Gasteiger partial charge in [0.25, 0.3) is 0 Å². The zero-order chi connectivity index (χ0) is 26.2. The molecule has 1 fully saturated rings. The average Bonchev–Trinajstić information content (AvgIpc) is 3.56. The van der Waals surface area contributed by atoms with Gasteiger partial charge in [0.1, 0.15) is 10.6 Å². The van der Waals surface area contributed by atoms with Crippen molar-refractivity contribution in [3.63, 3.8) is 0 Å². The van der Waals surface area contributed by atoms with Crippen molar-refractivity contribution in [2.24, 2.45) is 5.92 Å². The number of benzene rings is 2. The molecule has 3 aromatic rings. The summed E-state index contributed by atoms with van der Waals surface area (Å²) >= 11 is 0. The van der Waals surface area contributed by atoms with Crippen LogP contribution in [0.4, 0.5) is 5.69 Å². The van der Waals surface area contributed by atoms with Crippen LogP contribution in [0.15, 0.2) is 47.4 Å². The van der Waals surface area contributed by atoms with E-state index < -0.39 is 16.0 Å². The highest BCUT2D eigenvalue weighted by Crippen LogP contribution is 2.36. The summed E-state index contributed by atoms with van der Waals surface area (Å²) in [5, 5.41) is 16.5. The summed E-state index contributed by atoms with van der Waals surface area (Å²) in [5.41, 5.74) is 1.87. The first-order valence-electron chi connectivity index (χ1n) is 11.5. The topological polar surface area (TPSA) is 140 Å². The minimum absolute atomic E-state index is 0.0287. The number of rotatable bonds is 9. The fourth-order valence-electron chi connectivity index (χ4n) is 3.42. The summed E-state index contributed by atoms with van der Waals surface area (Å²) in [6.07, 6.45) is 1.47. The molecule has 1 aliphatic carbocycles. The number of hydrogen-bond donors (Lipinski definition) is 3. The summed E-state index contributed by atoms with van der Waals surface area (Å²) in [7, 11) is -4.00. The molecule has 0 atom stereocenters. The molecule has 4 rings (SSSR count). The van der Waals surface area contributed by atoms with Gasteiger partial charge in [0.05, 0.1) is 5.69 Å². The number of carboxylic acids is 1. The Hall–Kier alpha value is -3.70. The summed E-state index contributed by atoms with van der Waals surface area (Å²) in [5.74, 6) is -1.76. The van der Waals surface area contributed by atoms with Crippen LogP contribution >= 0.6 is 0 Å². The normalized spacial score (nSPS) is 13.6. The molecule has 36 heavy (non-hydrogen) atoms. The van der Waals surface area contributed by atoms with Crippen molar-refractivity contribution in [3.05, 3.63) is 59.3 Å². The number of nitrogens with zero attached hydrogens (tertiary/aromatic N) is 2. The lowest BCUT2D eigenvalue weighted by Crippen LogP contribution is -2.26. The molecule has 11 heteroatoms. The number of ether oxygens (including phenoxy) is 1. The van der Waals surface area contributed by atoms with Gasteiger partial charge in [-0.2, -0.15) is 9.78 Å². The number of aromatic nitrogens is 2. The number of aryl methyl sites for hydroxylation is 1. The Labute approximate surface area is 209 Å². The van der Waals surface area contributed by atoms with Crippen LogP contribution in [0.5, 0.6) is 11.6 Å². The molecule has 0 spiro atoms. The number of nitrogens with one attached hydrogen (secondary N) is 2. The third kappa shape index (κ3) is 5.42. The first-order valence-corrected chi connectivity index (χ1v) is 13.0. The van der Waals surface area contributed by atoms with Gasteiger partial charge >= 0.3 is 5.97 Å². The number of carboxylic acid groups (broad SMARTS) is 1. The largest absolute Gasteiger partial charge is 0.476 e. The molecule has 0 unspecified atom stereocenters. The highest BCUT2D eigenvalue weighted by atomic mass is 32.2. The van der Waals surface area contributed by atoms with Crippen molar-refractivity contribution in [2.75, 3.05) is 5.32 Å². The average molecular weight is 513 g/mol. The third-order valence-corrected chi connectivity index (χ3v) is 7.22. The molecular formula is C25H28N4O6S. The number of anilines is 1. The van der Waals surface area contributed by atoms with E-state index in [9.17, 15) is 23.1 Å². The summed E-state index contributed by atoms with van der Waals surface area (Å²) in [4.78, 5) is 23.8. The van der Waals surface area contributed by atoms with Crippen molar-refractivity contribution in [3.8, 4) is 17.3 Å². The van der Waals surface area contributed by atoms with Crippen LogP contribution in [0.1, 0.15) is 48.3 Å². The van der Waals surface area contributed by atoms with Crippen LogP contribution < -0.4 is 14.8 Å². The highest BCUT2D eigenvalue weighted by molar-refractivity contribution is 7.89. The number of sulfonamides is 1. The van der Waals surface area contributed by atoms with Crippen molar-refractivity contribution in [1.82, 2.24) is 14.5 Å². The molecule has 1 aliphatic rings. The van der Waals surface area contributed by atoms with Crippen LogP contribution in [0.3, 0.4) is 0 Å². The second-order valence-electron chi connectivity index (χ2n) is 9.13. The maximum atomic E-state index is 13.2. The van der Waals surface area contributed by atoms with Crippen LogP contribution in [-0.4, -0.2) is 41.2 Å². The molecule has 3 N–H and O–H groups in total. The predicted molar refractivity (Wildman–Crippen MR) is 133 cm³/mol. The van der Waals surface area contributed by atoms with Crippen molar-refractivity contribution >= 4 is 27.6 Å². The Morgan fingerprint density at radius 2 is 1.78 bits per heavy atom. The van der Waals surface area contributed by atoms with Crippen LogP contribution in [0.2, 0.25) is 0 Å². The Morgan fingerprint density at radius 1 is 1.11 bits per heavy atom. The second-order valence-corrected chi connectivity index (χ2v) is 10.8. The van der Waals surface area contributed by atoms with Gasteiger partial charge in [-0.1, -0.05) is 31.5 Å². The lowest BCUT2D eigenvalue weighted by atomic mass is 10.2. The van der Waals surface area contributed by atoms with E-state index in [4.69, 9.17) is 4.74 Å². The van der Waals surface area contributed by atoms with E-state index in [0.717, 1.165) is 18.4 Å².